The number of aryl methyl sites for hydroxylation is 1. The summed E-state index contributed by atoms with van der Waals surface area (Å²) in [6, 6.07) is 13.0. The molecule has 1 aliphatic rings. The zero-order valence-corrected chi connectivity index (χ0v) is 14.8. The molecule has 4 heteroatoms. The van der Waals surface area contributed by atoms with Gasteiger partial charge in [0.1, 0.15) is 5.82 Å². The summed E-state index contributed by atoms with van der Waals surface area (Å²) in [6.45, 7) is 4.90. The number of likely N-dealkylation sites (N-methyl/N-ethyl adjacent to an activating group) is 1. The number of rotatable bonds is 3. The van der Waals surface area contributed by atoms with Crippen LogP contribution >= 0.6 is 0 Å². The van der Waals surface area contributed by atoms with Gasteiger partial charge in [0.15, 0.2) is 0 Å². The van der Waals surface area contributed by atoms with E-state index in [1.165, 1.54) is 39.9 Å². The standard InChI is InChI=1S/C21H24FN3.CH4/c1-14-3-8-20-17(11-14)18-12-24(2)10-9-21(18)25(20)13-19(23)15-4-6-16(22)7-5-15;/h3-8,11,19H,9-10,12-13,23H2,1-2H3;1H4. The summed E-state index contributed by atoms with van der Waals surface area (Å²) in [5, 5.41) is 1.34. The molecule has 0 saturated heterocycles. The van der Waals surface area contributed by atoms with Gasteiger partial charge in [0, 0.05) is 48.7 Å². The van der Waals surface area contributed by atoms with Gasteiger partial charge in [0.05, 0.1) is 0 Å². The van der Waals surface area contributed by atoms with Gasteiger partial charge in [-0.3, -0.25) is 0 Å². The van der Waals surface area contributed by atoms with Crippen LogP contribution in [0.4, 0.5) is 4.39 Å². The van der Waals surface area contributed by atoms with Crippen molar-refractivity contribution in [2.75, 3.05) is 13.6 Å². The molecule has 2 aromatic carbocycles. The monoisotopic (exact) mass is 353 g/mol. The molecule has 0 fully saturated rings. The molecule has 1 unspecified atom stereocenters. The summed E-state index contributed by atoms with van der Waals surface area (Å²) in [5.41, 5.74) is 12.8. The lowest BCUT2D eigenvalue weighted by Gasteiger charge is -2.25. The molecule has 3 nitrogen and oxygen atoms in total. The molecule has 2 heterocycles. The first-order chi connectivity index (χ1) is 12.0. The van der Waals surface area contributed by atoms with Crippen molar-refractivity contribution in [3.63, 3.8) is 0 Å². The van der Waals surface area contributed by atoms with Crippen LogP contribution in [0.15, 0.2) is 42.5 Å². The van der Waals surface area contributed by atoms with Crippen molar-refractivity contribution in [2.45, 2.75) is 39.9 Å². The van der Waals surface area contributed by atoms with Crippen LogP contribution in [-0.4, -0.2) is 23.1 Å². The van der Waals surface area contributed by atoms with Gasteiger partial charge in [0.2, 0.25) is 0 Å². The highest BCUT2D eigenvalue weighted by Crippen LogP contribution is 2.32. The molecular formula is C22H28FN3. The molecule has 0 radical (unpaired) electrons. The lowest BCUT2D eigenvalue weighted by atomic mass is 10.0. The van der Waals surface area contributed by atoms with E-state index in [0.29, 0.717) is 6.54 Å². The van der Waals surface area contributed by atoms with Gasteiger partial charge in [-0.2, -0.15) is 0 Å². The SMILES string of the molecule is C.Cc1ccc2c(c1)c1c(n2CC(N)c2ccc(F)cc2)CCN(C)C1. The lowest BCUT2D eigenvalue weighted by molar-refractivity contribution is 0.308. The molecule has 0 spiro atoms. The van der Waals surface area contributed by atoms with Crippen LogP contribution in [0, 0.1) is 12.7 Å². The molecule has 0 saturated carbocycles. The fourth-order valence-corrected chi connectivity index (χ4v) is 3.92. The van der Waals surface area contributed by atoms with Crippen LogP contribution < -0.4 is 5.73 Å². The summed E-state index contributed by atoms with van der Waals surface area (Å²) in [5.74, 6) is -0.224. The Kier molecular flexibility index (Phi) is 5.17. The number of nitrogens with zero attached hydrogens (tertiary/aromatic N) is 2. The van der Waals surface area contributed by atoms with Gasteiger partial charge < -0.3 is 15.2 Å². The van der Waals surface area contributed by atoms with E-state index >= 15 is 0 Å². The van der Waals surface area contributed by atoms with Crippen molar-refractivity contribution in [1.29, 1.82) is 0 Å². The van der Waals surface area contributed by atoms with Crippen LogP contribution in [-0.2, 0) is 19.5 Å². The molecule has 3 aromatic rings. The molecule has 2 N–H and O–H groups in total. The summed E-state index contributed by atoms with van der Waals surface area (Å²) in [4.78, 5) is 2.37. The van der Waals surface area contributed by atoms with Crippen LogP contribution in [0.3, 0.4) is 0 Å². The average Bonchev–Trinajstić information content (AvgIpc) is 2.88. The second-order valence-electron chi connectivity index (χ2n) is 7.20. The highest BCUT2D eigenvalue weighted by molar-refractivity contribution is 5.86. The van der Waals surface area contributed by atoms with Crippen molar-refractivity contribution in [2.24, 2.45) is 5.73 Å². The first kappa shape index (κ1) is 18.6. The van der Waals surface area contributed by atoms with E-state index in [1.54, 1.807) is 12.1 Å². The maximum Gasteiger partial charge on any atom is 0.123 e. The fraction of sp³-hybridized carbons (Fsp3) is 0.364. The third-order valence-electron chi connectivity index (χ3n) is 5.28. The number of hydrogen-bond donors (Lipinski definition) is 1. The van der Waals surface area contributed by atoms with Gasteiger partial charge in [0.25, 0.3) is 0 Å². The summed E-state index contributed by atoms with van der Waals surface area (Å²) < 4.78 is 15.6. The Bertz CT molecular complexity index is 911. The van der Waals surface area contributed by atoms with Gasteiger partial charge in [-0.15, -0.1) is 0 Å². The van der Waals surface area contributed by atoms with E-state index in [0.717, 1.165) is 25.1 Å². The van der Waals surface area contributed by atoms with Crippen molar-refractivity contribution in [3.05, 3.63) is 70.7 Å². The molecular weight excluding hydrogens is 325 g/mol. The van der Waals surface area contributed by atoms with Gasteiger partial charge >= 0.3 is 0 Å². The number of halogens is 1. The minimum absolute atomic E-state index is 0. The zero-order valence-electron chi connectivity index (χ0n) is 14.8. The number of nitrogens with two attached hydrogens (primary N) is 1. The van der Waals surface area contributed by atoms with Crippen molar-refractivity contribution < 1.29 is 4.39 Å². The number of fused-ring (bicyclic) bond motifs is 3. The molecule has 1 atom stereocenters. The zero-order chi connectivity index (χ0) is 17.6. The molecule has 1 aliphatic heterocycles. The molecule has 1 aromatic heterocycles. The molecule has 0 aliphatic carbocycles. The third kappa shape index (κ3) is 3.27. The van der Waals surface area contributed by atoms with Gasteiger partial charge in [-0.25, -0.2) is 4.39 Å². The molecule has 0 amide bonds. The highest BCUT2D eigenvalue weighted by atomic mass is 19.1. The fourth-order valence-electron chi connectivity index (χ4n) is 3.92. The maximum atomic E-state index is 13.2. The maximum absolute atomic E-state index is 13.2. The molecule has 4 rings (SSSR count). The second-order valence-corrected chi connectivity index (χ2v) is 7.20. The van der Waals surface area contributed by atoms with E-state index < -0.39 is 0 Å². The lowest BCUT2D eigenvalue weighted by Crippen LogP contribution is -2.28. The van der Waals surface area contributed by atoms with Crippen molar-refractivity contribution >= 4 is 10.9 Å². The van der Waals surface area contributed by atoms with Crippen LogP contribution in [0.25, 0.3) is 10.9 Å². The second kappa shape index (κ2) is 7.22. The number of hydrogen-bond acceptors (Lipinski definition) is 2. The Morgan fingerprint density at radius 1 is 1.15 bits per heavy atom. The largest absolute Gasteiger partial charge is 0.342 e. The first-order valence-electron chi connectivity index (χ1n) is 8.83. The number of benzene rings is 2. The first-order valence-corrected chi connectivity index (χ1v) is 8.83. The van der Waals surface area contributed by atoms with Gasteiger partial charge in [-0.1, -0.05) is 31.2 Å². The summed E-state index contributed by atoms with van der Waals surface area (Å²) >= 11 is 0. The molecule has 0 bridgehead atoms. The summed E-state index contributed by atoms with van der Waals surface area (Å²) in [7, 11) is 2.17. The predicted octanol–water partition coefficient (Wildman–Crippen LogP) is 4.41. The Hall–Kier alpha value is -2.17. The predicted molar refractivity (Wildman–Crippen MR) is 107 cm³/mol. The topological polar surface area (TPSA) is 34.2 Å². The highest BCUT2D eigenvalue weighted by Gasteiger charge is 2.23. The molecule has 26 heavy (non-hydrogen) atoms. The van der Waals surface area contributed by atoms with E-state index in [4.69, 9.17) is 5.73 Å². The van der Waals surface area contributed by atoms with Crippen LogP contribution in [0.2, 0.25) is 0 Å². The van der Waals surface area contributed by atoms with E-state index in [2.05, 4.69) is 41.6 Å². The van der Waals surface area contributed by atoms with E-state index in [9.17, 15) is 4.39 Å². The quantitative estimate of drug-likeness (QED) is 0.757. The Morgan fingerprint density at radius 2 is 1.88 bits per heavy atom. The third-order valence-corrected chi connectivity index (χ3v) is 5.28. The van der Waals surface area contributed by atoms with Gasteiger partial charge in [-0.05, 0) is 49.4 Å². The minimum atomic E-state index is -0.224. The van der Waals surface area contributed by atoms with Crippen molar-refractivity contribution in [1.82, 2.24) is 9.47 Å². The minimum Gasteiger partial charge on any atom is -0.342 e. The van der Waals surface area contributed by atoms with Crippen LogP contribution in [0.5, 0.6) is 0 Å². The average molecular weight is 353 g/mol. The Balaban J connectivity index is 0.00000196. The van der Waals surface area contributed by atoms with Crippen molar-refractivity contribution in [3.8, 4) is 0 Å². The van der Waals surface area contributed by atoms with Crippen LogP contribution in [0.1, 0.15) is 35.9 Å². The number of aromatic nitrogens is 1. The molecule has 138 valence electrons. The summed E-state index contributed by atoms with van der Waals surface area (Å²) in [6.07, 6.45) is 1.04. The normalized spacial score (nSPS) is 15.5. The Labute approximate surface area is 155 Å². The van der Waals surface area contributed by atoms with E-state index in [1.807, 2.05) is 0 Å². The van der Waals surface area contributed by atoms with E-state index in [-0.39, 0.29) is 19.3 Å². The Morgan fingerprint density at radius 3 is 2.62 bits per heavy atom. The smallest absolute Gasteiger partial charge is 0.123 e.